The van der Waals surface area contributed by atoms with Crippen molar-refractivity contribution in [1.29, 1.82) is 0 Å². The molecule has 0 aliphatic heterocycles. The average Bonchev–Trinajstić information content (AvgIpc) is 3.07. The van der Waals surface area contributed by atoms with Crippen LogP contribution in [0.4, 0.5) is 0 Å². The van der Waals surface area contributed by atoms with Gasteiger partial charge in [-0.3, -0.25) is 0 Å². The molecule has 2 aliphatic carbocycles. The molecule has 0 saturated carbocycles. The van der Waals surface area contributed by atoms with Gasteiger partial charge in [-0.25, -0.2) is 0 Å². The van der Waals surface area contributed by atoms with Crippen LogP contribution < -0.4 is 9.47 Å². The topological polar surface area (TPSA) is 18.5 Å². The zero-order valence-corrected chi connectivity index (χ0v) is 13.1. The SMILES string of the molecule is COc1ccc(OC)c2c1C=C1C(=C1[Si](C)(C)C)[CH-]2. The Labute approximate surface area is 115 Å². The number of ether oxygens (including phenoxy) is 2. The smallest absolute Gasteiger partial charge is 0.0924 e. The Morgan fingerprint density at radius 2 is 1.63 bits per heavy atom. The second-order valence-corrected chi connectivity index (χ2v) is 11.0. The largest absolute Gasteiger partial charge is 0.531 e. The summed E-state index contributed by atoms with van der Waals surface area (Å²) in [4.78, 5) is 0. The maximum Gasteiger partial charge on any atom is 0.0924 e. The lowest BCUT2D eigenvalue weighted by atomic mass is 9.95. The van der Waals surface area contributed by atoms with Crippen molar-refractivity contribution in [3.63, 3.8) is 0 Å². The van der Waals surface area contributed by atoms with E-state index in [0.29, 0.717) is 0 Å². The molecule has 1 aromatic carbocycles. The Balaban J connectivity index is 2.12. The Morgan fingerprint density at radius 3 is 2.21 bits per heavy atom. The third kappa shape index (κ3) is 1.80. The zero-order valence-electron chi connectivity index (χ0n) is 12.1. The van der Waals surface area contributed by atoms with E-state index in [2.05, 4.69) is 32.1 Å². The molecular formula is C16H19O2Si-. The van der Waals surface area contributed by atoms with Crippen molar-refractivity contribution in [3.8, 4) is 11.5 Å². The van der Waals surface area contributed by atoms with Gasteiger partial charge in [-0.05, 0) is 11.6 Å². The van der Waals surface area contributed by atoms with Gasteiger partial charge in [0.2, 0.25) is 0 Å². The van der Waals surface area contributed by atoms with Crippen molar-refractivity contribution in [2.45, 2.75) is 19.6 Å². The highest BCUT2D eigenvalue weighted by atomic mass is 28.3. The molecular weight excluding hydrogens is 252 g/mol. The number of benzene rings is 1. The van der Waals surface area contributed by atoms with Crippen LogP contribution in [-0.2, 0) is 0 Å². The third-order valence-corrected chi connectivity index (χ3v) is 5.78. The van der Waals surface area contributed by atoms with Crippen LogP contribution in [0, 0.1) is 6.42 Å². The number of fused-ring (bicyclic) bond motifs is 2. The minimum atomic E-state index is -1.25. The van der Waals surface area contributed by atoms with Crippen LogP contribution in [0.3, 0.4) is 0 Å². The minimum absolute atomic E-state index is 0.917. The normalized spacial score (nSPS) is 16.2. The second kappa shape index (κ2) is 3.94. The summed E-state index contributed by atoms with van der Waals surface area (Å²) in [6.07, 6.45) is 4.53. The number of rotatable bonds is 3. The Kier molecular flexibility index (Phi) is 2.57. The van der Waals surface area contributed by atoms with E-state index in [1.54, 1.807) is 19.4 Å². The van der Waals surface area contributed by atoms with E-state index in [4.69, 9.17) is 9.47 Å². The zero-order chi connectivity index (χ0) is 13.8. The molecule has 100 valence electrons. The fourth-order valence-electron chi connectivity index (χ4n) is 2.86. The van der Waals surface area contributed by atoms with Crippen molar-refractivity contribution < 1.29 is 9.47 Å². The molecule has 0 unspecified atom stereocenters. The van der Waals surface area contributed by atoms with Crippen molar-refractivity contribution in [2.24, 2.45) is 0 Å². The van der Waals surface area contributed by atoms with Gasteiger partial charge in [-0.15, -0.1) is 28.8 Å². The van der Waals surface area contributed by atoms with Gasteiger partial charge in [0.25, 0.3) is 0 Å². The van der Waals surface area contributed by atoms with Gasteiger partial charge in [0.15, 0.2) is 0 Å². The first kappa shape index (κ1) is 12.4. The molecule has 2 nitrogen and oxygen atoms in total. The highest BCUT2D eigenvalue weighted by Gasteiger charge is 2.34. The third-order valence-electron chi connectivity index (χ3n) is 3.74. The van der Waals surface area contributed by atoms with Crippen LogP contribution in [-0.4, -0.2) is 22.3 Å². The molecule has 3 heteroatoms. The quantitative estimate of drug-likeness (QED) is 0.614. The summed E-state index contributed by atoms with van der Waals surface area (Å²) in [6.45, 7) is 7.17. The molecule has 0 atom stereocenters. The lowest BCUT2D eigenvalue weighted by Crippen LogP contribution is -2.18. The molecule has 3 rings (SSSR count). The number of allylic oxidation sites excluding steroid dienone is 3. The average molecular weight is 271 g/mol. The summed E-state index contributed by atoms with van der Waals surface area (Å²) >= 11 is 0. The maximum atomic E-state index is 5.47. The van der Waals surface area contributed by atoms with E-state index in [1.165, 1.54) is 11.1 Å². The molecule has 0 bridgehead atoms. The van der Waals surface area contributed by atoms with Gasteiger partial charge >= 0.3 is 0 Å². The molecule has 2 aliphatic rings. The van der Waals surface area contributed by atoms with E-state index >= 15 is 0 Å². The summed E-state index contributed by atoms with van der Waals surface area (Å²) in [7, 11) is 2.19. The van der Waals surface area contributed by atoms with E-state index in [9.17, 15) is 0 Å². The van der Waals surface area contributed by atoms with Crippen LogP contribution in [0.15, 0.2) is 28.5 Å². The summed E-state index contributed by atoms with van der Waals surface area (Å²) in [5.74, 6) is 1.83. The van der Waals surface area contributed by atoms with Crippen LogP contribution >= 0.6 is 0 Å². The fraction of sp³-hybridized carbons (Fsp3) is 0.312. The summed E-state index contributed by atoms with van der Waals surface area (Å²) in [6, 6.07) is 3.95. The molecule has 0 aromatic heterocycles. The molecule has 1 aromatic rings. The maximum absolute atomic E-state index is 5.47. The van der Waals surface area contributed by atoms with Crippen molar-refractivity contribution in [1.82, 2.24) is 0 Å². The molecule has 0 spiro atoms. The van der Waals surface area contributed by atoms with Crippen molar-refractivity contribution >= 4 is 14.1 Å². The first-order valence-electron chi connectivity index (χ1n) is 6.54. The standard InChI is InChI=1S/C16H19O2Si/c1-17-14-6-7-15(18-2)11-9-13-12(8-10(11)14)16(13)19(3,4)5/h6-9H,1-5H3/q-1. The minimum Gasteiger partial charge on any atom is -0.531 e. The van der Waals surface area contributed by atoms with E-state index in [-0.39, 0.29) is 0 Å². The van der Waals surface area contributed by atoms with E-state index in [0.717, 1.165) is 22.6 Å². The predicted molar refractivity (Wildman–Crippen MR) is 81.3 cm³/mol. The van der Waals surface area contributed by atoms with Gasteiger partial charge in [0.05, 0.1) is 25.7 Å². The molecule has 19 heavy (non-hydrogen) atoms. The Bertz CT molecular complexity index is 618. The summed E-state index contributed by atoms with van der Waals surface area (Å²) < 4.78 is 10.9. The lowest BCUT2D eigenvalue weighted by molar-refractivity contribution is 0.400. The highest BCUT2D eigenvalue weighted by Crippen LogP contribution is 2.54. The molecule has 0 radical (unpaired) electrons. The van der Waals surface area contributed by atoms with Crippen LogP contribution in [0.25, 0.3) is 6.08 Å². The van der Waals surface area contributed by atoms with Gasteiger partial charge < -0.3 is 9.47 Å². The Morgan fingerprint density at radius 1 is 1.00 bits per heavy atom. The van der Waals surface area contributed by atoms with Crippen LogP contribution in [0.5, 0.6) is 11.5 Å². The monoisotopic (exact) mass is 271 g/mol. The summed E-state index contributed by atoms with van der Waals surface area (Å²) in [5.41, 5.74) is 5.15. The van der Waals surface area contributed by atoms with Gasteiger partial charge in [0.1, 0.15) is 0 Å². The number of hydrogen-bond acceptors (Lipinski definition) is 2. The van der Waals surface area contributed by atoms with Gasteiger partial charge in [0, 0.05) is 8.07 Å². The molecule has 0 saturated heterocycles. The van der Waals surface area contributed by atoms with E-state index in [1.807, 2.05) is 12.1 Å². The van der Waals surface area contributed by atoms with Crippen LogP contribution in [0.2, 0.25) is 19.6 Å². The Hall–Kier alpha value is -1.61. The van der Waals surface area contributed by atoms with Crippen molar-refractivity contribution in [3.05, 3.63) is 46.0 Å². The van der Waals surface area contributed by atoms with Crippen molar-refractivity contribution in [2.75, 3.05) is 14.2 Å². The first-order valence-corrected chi connectivity index (χ1v) is 10.0. The predicted octanol–water partition coefficient (Wildman–Crippen LogP) is 3.84. The van der Waals surface area contributed by atoms with Gasteiger partial charge in [-0.1, -0.05) is 31.3 Å². The first-order chi connectivity index (χ1) is 8.97. The van der Waals surface area contributed by atoms with Crippen LogP contribution in [0.1, 0.15) is 11.1 Å². The van der Waals surface area contributed by atoms with E-state index < -0.39 is 8.07 Å². The van der Waals surface area contributed by atoms with Gasteiger partial charge in [-0.2, -0.15) is 0 Å². The number of methoxy groups -OCH3 is 2. The fourth-order valence-corrected chi connectivity index (χ4v) is 4.83. The molecule has 0 heterocycles. The summed E-state index contributed by atoms with van der Waals surface area (Å²) in [5, 5.41) is 1.59. The molecule has 0 N–H and O–H groups in total. The second-order valence-electron chi connectivity index (χ2n) is 6.04. The highest BCUT2D eigenvalue weighted by molar-refractivity contribution is 6.86. The molecule has 0 fully saturated rings. The number of hydrogen-bond donors (Lipinski definition) is 0. The molecule has 0 amide bonds. The lowest BCUT2D eigenvalue weighted by Gasteiger charge is -2.23.